The van der Waals surface area contributed by atoms with E-state index in [4.69, 9.17) is 16.2 Å². The van der Waals surface area contributed by atoms with Gasteiger partial charge in [0, 0.05) is 6.20 Å². The predicted molar refractivity (Wildman–Crippen MR) is 90.0 cm³/mol. The third-order valence-corrected chi connectivity index (χ3v) is 5.32. The number of ether oxygens (including phenoxy) is 1. The molecule has 1 saturated heterocycles. The van der Waals surface area contributed by atoms with Crippen molar-refractivity contribution in [3.8, 4) is 0 Å². The van der Waals surface area contributed by atoms with Gasteiger partial charge in [0.25, 0.3) is 5.79 Å². The van der Waals surface area contributed by atoms with Crippen molar-refractivity contribution < 1.29 is 24.3 Å². The van der Waals surface area contributed by atoms with E-state index in [1.165, 1.54) is 10.6 Å². The summed E-state index contributed by atoms with van der Waals surface area (Å²) < 4.78 is 6.89. The summed E-state index contributed by atoms with van der Waals surface area (Å²) in [5.74, 6) is -2.88. The molecular weight excluding hydrogens is 342 g/mol. The molecule has 11 nitrogen and oxygen atoms in total. The second kappa shape index (κ2) is 5.35. The van der Waals surface area contributed by atoms with Crippen molar-refractivity contribution in [3.63, 3.8) is 0 Å². The van der Waals surface area contributed by atoms with E-state index < -0.39 is 29.6 Å². The van der Waals surface area contributed by atoms with E-state index in [1.54, 1.807) is 12.3 Å². The SMILES string of the molecule is CC[C@@H]1NC(N)=[N+]2C[C@H](OC(=O)c3ccc[nH]3)C(O)(O)[C@@]23NC(N)=N[C@@H]13. The predicted octanol–water partition coefficient (Wildman–Crippen LogP) is -3.07. The Morgan fingerprint density at radius 1 is 1.50 bits per heavy atom. The number of nitrogens with zero attached hydrogens (tertiary/aromatic N) is 2. The summed E-state index contributed by atoms with van der Waals surface area (Å²) in [6.07, 6.45) is 0.927. The van der Waals surface area contributed by atoms with Crippen LogP contribution in [-0.2, 0) is 4.74 Å². The van der Waals surface area contributed by atoms with Gasteiger partial charge in [-0.25, -0.2) is 14.4 Å². The molecule has 1 aromatic rings. The molecular formula is C15H22N7O4+. The molecule has 3 aliphatic heterocycles. The zero-order chi connectivity index (χ0) is 18.7. The van der Waals surface area contributed by atoms with Crippen molar-refractivity contribution in [2.45, 2.75) is 43.0 Å². The highest BCUT2D eigenvalue weighted by Gasteiger charge is 2.75. The Bertz CT molecular complexity index is 803. The summed E-state index contributed by atoms with van der Waals surface area (Å²) in [5.41, 5.74) is 10.7. The second-order valence-electron chi connectivity index (χ2n) is 6.71. The summed E-state index contributed by atoms with van der Waals surface area (Å²) in [7, 11) is 0. The van der Waals surface area contributed by atoms with E-state index in [0.29, 0.717) is 6.42 Å². The minimum Gasteiger partial charge on any atom is -0.448 e. The highest BCUT2D eigenvalue weighted by molar-refractivity contribution is 5.87. The third-order valence-electron chi connectivity index (χ3n) is 5.32. The largest absolute Gasteiger partial charge is 0.448 e. The number of aliphatic hydroxyl groups is 2. The molecule has 0 aliphatic carbocycles. The molecule has 0 saturated carbocycles. The summed E-state index contributed by atoms with van der Waals surface area (Å²) >= 11 is 0. The lowest BCUT2D eigenvalue weighted by Crippen LogP contribution is -2.78. The Balaban J connectivity index is 1.73. The van der Waals surface area contributed by atoms with Gasteiger partial charge in [0.15, 0.2) is 12.1 Å². The third kappa shape index (κ3) is 1.98. The van der Waals surface area contributed by atoms with Crippen molar-refractivity contribution in [3.05, 3.63) is 24.0 Å². The number of carbonyl (C=O) groups is 1. The number of hydrogen-bond donors (Lipinski definition) is 7. The Labute approximate surface area is 148 Å². The number of aliphatic imine (C=N–C) groups is 1. The average molecular weight is 364 g/mol. The molecule has 3 aliphatic rings. The van der Waals surface area contributed by atoms with E-state index in [2.05, 4.69) is 20.6 Å². The van der Waals surface area contributed by atoms with Crippen molar-refractivity contribution in [2.24, 2.45) is 16.5 Å². The number of carbonyl (C=O) groups excluding carboxylic acids is 1. The Morgan fingerprint density at radius 2 is 2.27 bits per heavy atom. The molecule has 140 valence electrons. The topological polar surface area (TPSA) is 174 Å². The van der Waals surface area contributed by atoms with Crippen LogP contribution in [0, 0.1) is 0 Å². The molecule has 0 unspecified atom stereocenters. The summed E-state index contributed by atoms with van der Waals surface area (Å²) in [4.78, 5) is 19.3. The molecule has 4 heterocycles. The summed E-state index contributed by atoms with van der Waals surface area (Å²) in [5, 5.41) is 28.1. The number of nitrogens with one attached hydrogen (secondary N) is 3. The smallest absolute Gasteiger partial charge is 0.355 e. The number of esters is 1. The van der Waals surface area contributed by atoms with E-state index in [-0.39, 0.29) is 30.2 Å². The monoisotopic (exact) mass is 364 g/mol. The Morgan fingerprint density at radius 3 is 2.92 bits per heavy atom. The zero-order valence-corrected chi connectivity index (χ0v) is 14.1. The lowest BCUT2D eigenvalue weighted by Gasteiger charge is -2.43. The van der Waals surface area contributed by atoms with E-state index in [1.807, 2.05) is 6.92 Å². The average Bonchev–Trinajstić information content (AvgIpc) is 3.27. The van der Waals surface area contributed by atoms with Gasteiger partial charge in [0.2, 0.25) is 5.66 Å². The molecule has 1 spiro atoms. The fourth-order valence-electron chi connectivity index (χ4n) is 4.07. The summed E-state index contributed by atoms with van der Waals surface area (Å²) in [6, 6.07) is 2.27. The van der Waals surface area contributed by atoms with Crippen LogP contribution in [0.2, 0.25) is 0 Å². The van der Waals surface area contributed by atoms with Crippen LogP contribution in [0.3, 0.4) is 0 Å². The number of nitrogens with two attached hydrogens (primary N) is 2. The van der Waals surface area contributed by atoms with Gasteiger partial charge in [-0.15, -0.1) is 0 Å². The molecule has 0 bridgehead atoms. The van der Waals surface area contributed by atoms with E-state index in [9.17, 15) is 15.0 Å². The summed E-state index contributed by atoms with van der Waals surface area (Å²) in [6.45, 7) is 1.88. The van der Waals surface area contributed by atoms with Crippen LogP contribution in [0.5, 0.6) is 0 Å². The standard InChI is InChI=1S/C15H21N7O4/c1-2-7-10-14(21-12(16)20-10)15(24,25)9(6-22(14)13(17)19-7)26-11(23)8-4-3-5-18-8/h3-5,7,9-10,24-25H,2,6H2,1H3,(H6,16,17,18,19,20,21,23)/p+1/t7-,9-,10-,14-/m0/s1. The van der Waals surface area contributed by atoms with Crippen molar-refractivity contribution in [1.82, 2.24) is 15.6 Å². The van der Waals surface area contributed by atoms with Crippen LogP contribution in [-0.4, -0.2) is 73.8 Å². The highest BCUT2D eigenvalue weighted by Crippen LogP contribution is 2.42. The van der Waals surface area contributed by atoms with Crippen LogP contribution in [0.15, 0.2) is 23.3 Å². The molecule has 1 fully saturated rings. The molecule has 0 radical (unpaired) electrons. The van der Waals surface area contributed by atoms with Crippen molar-refractivity contribution >= 4 is 17.9 Å². The van der Waals surface area contributed by atoms with Gasteiger partial charge in [0.05, 0.1) is 0 Å². The van der Waals surface area contributed by atoms with Crippen LogP contribution in [0.1, 0.15) is 23.8 Å². The normalized spacial score (nSPS) is 34.4. The molecule has 11 heteroatoms. The number of H-pyrrole nitrogens is 1. The maximum absolute atomic E-state index is 12.3. The Kier molecular flexibility index (Phi) is 3.43. The molecule has 4 rings (SSSR count). The maximum Gasteiger partial charge on any atom is 0.355 e. The van der Waals surface area contributed by atoms with Crippen LogP contribution < -0.4 is 22.1 Å². The quantitative estimate of drug-likeness (QED) is 0.168. The second-order valence-corrected chi connectivity index (χ2v) is 6.71. The van der Waals surface area contributed by atoms with Gasteiger partial charge < -0.3 is 31.0 Å². The lowest BCUT2D eigenvalue weighted by molar-refractivity contribution is -0.623. The Hall–Kier alpha value is -2.79. The molecule has 4 atom stereocenters. The van der Waals surface area contributed by atoms with Gasteiger partial charge in [0.1, 0.15) is 24.3 Å². The van der Waals surface area contributed by atoms with Crippen LogP contribution in [0.25, 0.3) is 0 Å². The maximum atomic E-state index is 12.3. The van der Waals surface area contributed by atoms with Crippen molar-refractivity contribution in [1.29, 1.82) is 0 Å². The minimum absolute atomic E-state index is 0.0407. The van der Waals surface area contributed by atoms with Gasteiger partial charge in [-0.2, -0.15) is 0 Å². The first kappa shape index (κ1) is 16.7. The first-order valence-corrected chi connectivity index (χ1v) is 8.38. The minimum atomic E-state index is -2.48. The molecule has 0 amide bonds. The molecule has 9 N–H and O–H groups in total. The van der Waals surface area contributed by atoms with Crippen LogP contribution >= 0.6 is 0 Å². The fourth-order valence-corrected chi connectivity index (χ4v) is 4.07. The van der Waals surface area contributed by atoms with Gasteiger partial charge in [-0.1, -0.05) is 6.92 Å². The van der Waals surface area contributed by atoms with Gasteiger partial charge in [-0.05, 0) is 18.6 Å². The van der Waals surface area contributed by atoms with E-state index in [0.717, 1.165) is 0 Å². The van der Waals surface area contributed by atoms with Crippen molar-refractivity contribution in [2.75, 3.05) is 6.54 Å². The van der Waals surface area contributed by atoms with Gasteiger partial charge >= 0.3 is 11.9 Å². The zero-order valence-electron chi connectivity index (χ0n) is 14.1. The number of hydrogen-bond acceptors (Lipinski definition) is 9. The first-order valence-electron chi connectivity index (χ1n) is 8.38. The number of rotatable bonds is 3. The van der Waals surface area contributed by atoms with Crippen LogP contribution in [0.4, 0.5) is 0 Å². The number of guanidine groups is 2. The fraction of sp³-hybridized carbons (Fsp3) is 0.533. The molecule has 26 heavy (non-hydrogen) atoms. The molecule has 1 aromatic heterocycles. The number of aromatic nitrogens is 1. The molecule has 0 aromatic carbocycles. The lowest BCUT2D eigenvalue weighted by atomic mass is 9.85. The van der Waals surface area contributed by atoms with E-state index >= 15 is 0 Å². The van der Waals surface area contributed by atoms with Gasteiger partial charge in [-0.3, -0.25) is 11.1 Å². The highest BCUT2D eigenvalue weighted by atomic mass is 16.6. The first-order chi connectivity index (χ1) is 12.3. The number of aromatic amines is 1.